The SMILES string of the molecule is Cc1cc(NC2=NC(C)(NC3C[C@@H]4CC5(S(=O)(=O)c6cccnc6)C[C@H](C3)N45)Nc3sccc32)n[nH]1. The maximum absolute atomic E-state index is 13.4. The van der Waals surface area contributed by atoms with E-state index in [1.54, 1.807) is 29.7 Å². The van der Waals surface area contributed by atoms with Crippen LogP contribution in [0.15, 0.2) is 51.9 Å². The normalized spacial score (nSPS) is 32.8. The average molecular weight is 525 g/mol. The van der Waals surface area contributed by atoms with Gasteiger partial charge in [-0.25, -0.2) is 13.4 Å². The molecule has 188 valence electrons. The van der Waals surface area contributed by atoms with Crippen molar-refractivity contribution in [1.29, 1.82) is 0 Å². The predicted octanol–water partition coefficient (Wildman–Crippen LogP) is 2.90. The van der Waals surface area contributed by atoms with E-state index in [2.05, 4.69) is 54.4 Å². The number of fused-ring (bicyclic) bond motifs is 1. The van der Waals surface area contributed by atoms with Crippen LogP contribution < -0.4 is 16.0 Å². The van der Waals surface area contributed by atoms with Gasteiger partial charge in [0.15, 0.2) is 21.4 Å². The van der Waals surface area contributed by atoms with E-state index in [4.69, 9.17) is 4.99 Å². The van der Waals surface area contributed by atoms with Crippen molar-refractivity contribution in [3.05, 3.63) is 53.3 Å². The van der Waals surface area contributed by atoms with E-state index >= 15 is 0 Å². The Hall–Kier alpha value is -2.80. The van der Waals surface area contributed by atoms with Crippen molar-refractivity contribution >= 4 is 37.8 Å². The number of rotatable bonds is 5. The molecule has 4 aliphatic heterocycles. The number of nitrogens with one attached hydrogen (secondary N) is 4. The van der Waals surface area contributed by atoms with Crippen molar-refractivity contribution in [2.75, 3.05) is 10.6 Å². The molecule has 3 saturated heterocycles. The molecule has 4 aliphatic rings. The van der Waals surface area contributed by atoms with Gasteiger partial charge in [-0.1, -0.05) is 0 Å². The first-order valence-electron chi connectivity index (χ1n) is 12.2. The maximum atomic E-state index is 13.4. The molecule has 12 heteroatoms. The molecule has 0 saturated carbocycles. The lowest BCUT2D eigenvalue weighted by Crippen LogP contribution is -2.84. The van der Waals surface area contributed by atoms with Crippen molar-refractivity contribution in [1.82, 2.24) is 25.4 Å². The molecule has 3 unspecified atom stereocenters. The zero-order chi connectivity index (χ0) is 24.7. The maximum Gasteiger partial charge on any atom is 0.198 e. The van der Waals surface area contributed by atoms with E-state index in [0.717, 1.165) is 40.8 Å². The molecule has 7 heterocycles. The van der Waals surface area contributed by atoms with Crippen LogP contribution in [0.1, 0.15) is 43.9 Å². The van der Waals surface area contributed by atoms with Crippen LogP contribution >= 0.6 is 11.3 Å². The summed E-state index contributed by atoms with van der Waals surface area (Å²) in [5.41, 5.74) is 2.01. The molecule has 0 aliphatic carbocycles. The third-order valence-electron chi connectivity index (χ3n) is 7.97. The van der Waals surface area contributed by atoms with Crippen LogP contribution in [0.25, 0.3) is 0 Å². The Morgan fingerprint density at radius 1 is 1.22 bits per heavy atom. The highest BCUT2D eigenvalue weighted by molar-refractivity contribution is 7.93. The number of piperidine rings is 2. The van der Waals surface area contributed by atoms with Crippen LogP contribution in [0, 0.1) is 6.92 Å². The number of aromatic amines is 1. The number of sulfone groups is 1. The number of anilines is 2. The summed E-state index contributed by atoms with van der Waals surface area (Å²) in [5.74, 6) is 0.818. The highest BCUT2D eigenvalue weighted by atomic mass is 32.2. The Kier molecular flexibility index (Phi) is 4.73. The number of aromatic nitrogens is 3. The van der Waals surface area contributed by atoms with E-state index in [9.17, 15) is 8.42 Å². The van der Waals surface area contributed by atoms with Gasteiger partial charge in [-0.2, -0.15) is 5.10 Å². The van der Waals surface area contributed by atoms with Gasteiger partial charge in [0, 0.05) is 42.3 Å². The fourth-order valence-electron chi connectivity index (χ4n) is 6.60. The van der Waals surface area contributed by atoms with E-state index in [0.29, 0.717) is 17.7 Å². The molecule has 3 aromatic heterocycles. The summed E-state index contributed by atoms with van der Waals surface area (Å²) in [5, 5.41) is 21.1. The summed E-state index contributed by atoms with van der Waals surface area (Å²) in [6.45, 7) is 4.02. The molecule has 0 amide bonds. The van der Waals surface area contributed by atoms with E-state index < -0.39 is 20.5 Å². The lowest BCUT2D eigenvalue weighted by atomic mass is 9.67. The molecule has 0 spiro atoms. The van der Waals surface area contributed by atoms with Crippen LogP contribution in [0.4, 0.5) is 10.8 Å². The number of aryl methyl sites for hydroxylation is 1. The van der Waals surface area contributed by atoms with Crippen LogP contribution in [-0.4, -0.2) is 63.1 Å². The molecule has 7 rings (SSSR count). The van der Waals surface area contributed by atoms with Crippen molar-refractivity contribution < 1.29 is 8.42 Å². The number of nitrogens with zero attached hydrogens (tertiary/aromatic N) is 4. The third-order valence-corrected chi connectivity index (χ3v) is 11.2. The topological polar surface area (TPSA) is 127 Å². The minimum absolute atomic E-state index is 0.229. The van der Waals surface area contributed by atoms with Gasteiger partial charge in [0.2, 0.25) is 0 Å². The standard InChI is InChI=1S/C24H28N8O2S2/c1-14-8-20(31-30-14)26-21-19-5-7-35-22(19)29-23(2,28-21)27-15-9-16-11-24(12-17(10-15)32(16)24)36(33,34)18-4-3-6-25-13-18/h3-8,13,15-17,27,29H,9-12H2,1-2H3,(H2,26,28,30,31)/t15?,16-,17+,23?,24?. The molecule has 0 aromatic carbocycles. The molecule has 5 atom stereocenters. The Morgan fingerprint density at radius 2 is 2.03 bits per heavy atom. The number of pyridine rings is 1. The van der Waals surface area contributed by atoms with E-state index in [1.807, 2.05) is 13.0 Å². The van der Waals surface area contributed by atoms with Gasteiger partial charge in [-0.15, -0.1) is 11.3 Å². The lowest BCUT2D eigenvalue weighted by molar-refractivity contribution is -0.178. The summed E-state index contributed by atoms with van der Waals surface area (Å²) in [6.07, 6.45) is 6.22. The number of thiophene rings is 1. The first kappa shape index (κ1) is 22.4. The first-order chi connectivity index (χ1) is 17.3. The summed E-state index contributed by atoms with van der Waals surface area (Å²) in [7, 11) is -3.43. The second-order valence-electron chi connectivity index (χ2n) is 10.5. The molecule has 4 N–H and O–H groups in total. The fourth-order valence-corrected chi connectivity index (χ4v) is 9.79. The smallest absolute Gasteiger partial charge is 0.198 e. The Labute approximate surface area is 213 Å². The summed E-state index contributed by atoms with van der Waals surface area (Å²) >= 11 is 1.65. The summed E-state index contributed by atoms with van der Waals surface area (Å²) in [4.78, 5) is 10.9. The minimum Gasteiger partial charge on any atom is -0.340 e. The molecular weight excluding hydrogens is 496 g/mol. The predicted molar refractivity (Wildman–Crippen MR) is 139 cm³/mol. The van der Waals surface area contributed by atoms with Gasteiger partial charge in [0.25, 0.3) is 0 Å². The highest BCUT2D eigenvalue weighted by Crippen LogP contribution is 2.60. The van der Waals surface area contributed by atoms with Crippen LogP contribution in [-0.2, 0) is 9.84 Å². The second-order valence-corrected chi connectivity index (χ2v) is 13.6. The van der Waals surface area contributed by atoms with Crippen molar-refractivity contribution in [2.24, 2.45) is 4.99 Å². The molecule has 3 aromatic rings. The zero-order valence-electron chi connectivity index (χ0n) is 20.0. The van der Waals surface area contributed by atoms with Crippen LogP contribution in [0.3, 0.4) is 0 Å². The monoisotopic (exact) mass is 524 g/mol. The van der Waals surface area contributed by atoms with Crippen molar-refractivity contribution in [3.63, 3.8) is 0 Å². The number of H-pyrrole nitrogens is 1. The average Bonchev–Trinajstić information content (AvgIpc) is 3.44. The Bertz CT molecular complexity index is 1450. The second kappa shape index (κ2) is 7.60. The van der Waals surface area contributed by atoms with Crippen molar-refractivity contribution in [3.8, 4) is 0 Å². The molecular formula is C24H28N8O2S2. The minimum atomic E-state index is -3.43. The van der Waals surface area contributed by atoms with Gasteiger partial charge in [-0.05, 0) is 63.1 Å². The van der Waals surface area contributed by atoms with Gasteiger partial charge in [0.1, 0.15) is 15.7 Å². The summed E-state index contributed by atoms with van der Waals surface area (Å²) < 4.78 is 26.8. The third kappa shape index (κ3) is 3.21. The van der Waals surface area contributed by atoms with E-state index in [-0.39, 0.29) is 18.1 Å². The lowest BCUT2D eigenvalue weighted by Gasteiger charge is -2.72. The van der Waals surface area contributed by atoms with Gasteiger partial charge in [-0.3, -0.25) is 20.3 Å². The van der Waals surface area contributed by atoms with E-state index in [1.165, 1.54) is 6.20 Å². The van der Waals surface area contributed by atoms with Crippen LogP contribution in [0.2, 0.25) is 0 Å². The number of aliphatic imine (C=N–C) groups is 1. The van der Waals surface area contributed by atoms with Gasteiger partial charge in [0.05, 0.1) is 10.5 Å². The van der Waals surface area contributed by atoms with Crippen LogP contribution in [0.5, 0.6) is 0 Å². The fraction of sp³-hybridized carbons (Fsp3) is 0.458. The Morgan fingerprint density at radius 3 is 2.72 bits per heavy atom. The molecule has 0 bridgehead atoms. The van der Waals surface area contributed by atoms with Gasteiger partial charge < -0.3 is 10.6 Å². The largest absolute Gasteiger partial charge is 0.340 e. The molecule has 0 radical (unpaired) electrons. The highest BCUT2D eigenvalue weighted by Gasteiger charge is 2.71. The molecule has 3 fully saturated rings. The Balaban J connectivity index is 1.08. The molecule has 36 heavy (non-hydrogen) atoms. The van der Waals surface area contributed by atoms with Crippen molar-refractivity contribution in [2.45, 2.75) is 73.2 Å². The molecule has 10 nitrogen and oxygen atoms in total. The number of amidine groups is 1. The first-order valence-corrected chi connectivity index (χ1v) is 14.6. The number of hydrogen-bond acceptors (Lipinski definition) is 10. The summed E-state index contributed by atoms with van der Waals surface area (Å²) in [6, 6.07) is 8.12. The number of hydrogen-bond donors (Lipinski definition) is 4. The zero-order valence-corrected chi connectivity index (χ0v) is 21.7. The van der Waals surface area contributed by atoms with Gasteiger partial charge >= 0.3 is 0 Å². The quantitative estimate of drug-likeness (QED) is 0.401.